The SMILES string of the molecule is Nc1cc2oc(=O)[nH]c2cc1NCCOCC(F)(F)F. The van der Waals surface area contributed by atoms with E-state index in [0.29, 0.717) is 22.5 Å². The standard InChI is InChI=1S/C11H12F3N3O3/c12-11(13,14)5-19-2-1-16-7-4-8-9(3-6(7)15)20-10(18)17-8/h3-4,16H,1-2,5,15H2,(H,17,18). The molecule has 6 nitrogen and oxygen atoms in total. The number of nitrogens with one attached hydrogen (secondary N) is 2. The minimum atomic E-state index is -4.34. The van der Waals surface area contributed by atoms with Gasteiger partial charge in [0.1, 0.15) is 6.61 Å². The normalized spacial score (nSPS) is 11.9. The van der Waals surface area contributed by atoms with Crippen molar-refractivity contribution in [2.45, 2.75) is 6.18 Å². The van der Waals surface area contributed by atoms with Crippen molar-refractivity contribution in [1.29, 1.82) is 0 Å². The molecule has 20 heavy (non-hydrogen) atoms. The summed E-state index contributed by atoms with van der Waals surface area (Å²) in [5.74, 6) is -0.606. The number of oxazole rings is 1. The summed E-state index contributed by atoms with van der Waals surface area (Å²) in [5, 5.41) is 2.82. The number of nitrogen functional groups attached to an aromatic ring is 1. The molecule has 0 saturated heterocycles. The number of anilines is 2. The van der Waals surface area contributed by atoms with Gasteiger partial charge in [-0.3, -0.25) is 4.98 Å². The molecule has 110 valence electrons. The highest BCUT2D eigenvalue weighted by Crippen LogP contribution is 2.24. The van der Waals surface area contributed by atoms with E-state index in [0.717, 1.165) is 0 Å². The molecular formula is C11H12F3N3O3. The highest BCUT2D eigenvalue weighted by atomic mass is 19.4. The first-order chi connectivity index (χ1) is 9.35. The first kappa shape index (κ1) is 14.3. The molecule has 0 radical (unpaired) electrons. The predicted octanol–water partition coefficient (Wildman–Crippen LogP) is 1.69. The lowest BCUT2D eigenvalue weighted by atomic mass is 10.2. The van der Waals surface area contributed by atoms with Gasteiger partial charge in [-0.25, -0.2) is 4.79 Å². The van der Waals surface area contributed by atoms with E-state index in [4.69, 9.17) is 10.2 Å². The number of alkyl halides is 3. The second-order valence-electron chi connectivity index (χ2n) is 4.04. The number of benzene rings is 1. The van der Waals surface area contributed by atoms with Crippen molar-refractivity contribution < 1.29 is 22.3 Å². The molecule has 1 aromatic carbocycles. The Kier molecular flexibility index (Phi) is 3.89. The van der Waals surface area contributed by atoms with Crippen LogP contribution in [-0.4, -0.2) is 30.9 Å². The van der Waals surface area contributed by atoms with Gasteiger partial charge in [-0.05, 0) is 6.07 Å². The van der Waals surface area contributed by atoms with Crippen LogP contribution in [0.3, 0.4) is 0 Å². The van der Waals surface area contributed by atoms with Crippen molar-refractivity contribution in [1.82, 2.24) is 4.98 Å². The molecule has 0 spiro atoms. The summed E-state index contributed by atoms with van der Waals surface area (Å²) in [6, 6.07) is 2.99. The Morgan fingerprint density at radius 3 is 2.85 bits per heavy atom. The summed E-state index contributed by atoms with van der Waals surface area (Å²) in [6.45, 7) is -1.27. The van der Waals surface area contributed by atoms with Crippen molar-refractivity contribution >= 4 is 22.5 Å². The summed E-state index contributed by atoms with van der Waals surface area (Å²) >= 11 is 0. The molecule has 2 rings (SSSR count). The lowest BCUT2D eigenvalue weighted by Gasteiger charge is -2.10. The van der Waals surface area contributed by atoms with Crippen LogP contribution in [0.15, 0.2) is 21.3 Å². The molecule has 1 heterocycles. The quantitative estimate of drug-likeness (QED) is 0.576. The van der Waals surface area contributed by atoms with Gasteiger partial charge in [0.15, 0.2) is 5.58 Å². The molecule has 0 unspecified atom stereocenters. The molecule has 0 saturated carbocycles. The second-order valence-corrected chi connectivity index (χ2v) is 4.04. The van der Waals surface area contributed by atoms with Crippen LogP contribution in [-0.2, 0) is 4.74 Å². The summed E-state index contributed by atoms with van der Waals surface area (Å²) in [7, 11) is 0. The van der Waals surface area contributed by atoms with Gasteiger partial charge in [0.05, 0.1) is 23.5 Å². The summed E-state index contributed by atoms with van der Waals surface area (Å²) in [5.41, 5.74) is 7.27. The van der Waals surface area contributed by atoms with Crippen LogP contribution in [0.25, 0.3) is 11.1 Å². The van der Waals surface area contributed by atoms with Crippen LogP contribution >= 0.6 is 0 Å². The minimum Gasteiger partial charge on any atom is -0.408 e. The maximum Gasteiger partial charge on any atom is 0.417 e. The van der Waals surface area contributed by atoms with Crippen LogP contribution in [0, 0.1) is 0 Å². The van der Waals surface area contributed by atoms with E-state index in [9.17, 15) is 18.0 Å². The van der Waals surface area contributed by atoms with Crippen molar-refractivity contribution in [3.63, 3.8) is 0 Å². The van der Waals surface area contributed by atoms with Crippen molar-refractivity contribution in [2.75, 3.05) is 30.8 Å². The fraction of sp³-hybridized carbons (Fsp3) is 0.364. The van der Waals surface area contributed by atoms with Gasteiger partial charge in [-0.2, -0.15) is 13.2 Å². The third kappa shape index (κ3) is 3.67. The Hall–Kier alpha value is -2.16. The van der Waals surface area contributed by atoms with Crippen molar-refractivity contribution in [3.05, 3.63) is 22.7 Å². The number of aromatic nitrogens is 1. The molecule has 0 bridgehead atoms. The number of halogens is 3. The third-order valence-electron chi connectivity index (χ3n) is 2.42. The number of hydrogen-bond donors (Lipinski definition) is 3. The molecule has 0 amide bonds. The molecular weight excluding hydrogens is 279 g/mol. The highest BCUT2D eigenvalue weighted by Gasteiger charge is 2.27. The molecule has 1 aromatic heterocycles. The Morgan fingerprint density at radius 1 is 1.40 bits per heavy atom. The van der Waals surface area contributed by atoms with E-state index in [-0.39, 0.29) is 13.2 Å². The average Bonchev–Trinajstić information content (AvgIpc) is 2.66. The Balaban J connectivity index is 1.93. The summed E-state index contributed by atoms with van der Waals surface area (Å²) in [4.78, 5) is 13.4. The van der Waals surface area contributed by atoms with Crippen LogP contribution < -0.4 is 16.8 Å². The number of hydrogen-bond acceptors (Lipinski definition) is 5. The van der Waals surface area contributed by atoms with Gasteiger partial charge < -0.3 is 20.2 Å². The number of ether oxygens (including phenoxy) is 1. The third-order valence-corrected chi connectivity index (χ3v) is 2.42. The maximum absolute atomic E-state index is 11.8. The van der Waals surface area contributed by atoms with Crippen LogP contribution in [0.1, 0.15) is 0 Å². The minimum absolute atomic E-state index is 0.126. The van der Waals surface area contributed by atoms with Gasteiger partial charge in [-0.15, -0.1) is 0 Å². The Bertz CT molecular complexity index is 648. The number of fused-ring (bicyclic) bond motifs is 1. The van der Waals surface area contributed by atoms with E-state index >= 15 is 0 Å². The molecule has 0 aliphatic rings. The fourth-order valence-electron chi connectivity index (χ4n) is 1.61. The zero-order valence-electron chi connectivity index (χ0n) is 10.2. The van der Waals surface area contributed by atoms with Gasteiger partial charge in [0.2, 0.25) is 0 Å². The highest BCUT2D eigenvalue weighted by molar-refractivity contribution is 5.85. The van der Waals surface area contributed by atoms with Crippen LogP contribution in [0.4, 0.5) is 24.5 Å². The lowest BCUT2D eigenvalue weighted by Crippen LogP contribution is -2.20. The molecule has 0 fully saturated rings. The van der Waals surface area contributed by atoms with E-state index in [1.807, 2.05) is 0 Å². The van der Waals surface area contributed by atoms with Gasteiger partial charge >= 0.3 is 11.9 Å². The maximum atomic E-state index is 11.8. The first-order valence-corrected chi connectivity index (χ1v) is 5.66. The Morgan fingerprint density at radius 2 is 2.15 bits per heavy atom. The average molecular weight is 291 g/mol. The number of aromatic amines is 1. The topological polar surface area (TPSA) is 93.3 Å². The molecule has 4 N–H and O–H groups in total. The molecule has 0 aliphatic carbocycles. The zero-order chi connectivity index (χ0) is 14.8. The van der Waals surface area contributed by atoms with Crippen LogP contribution in [0.2, 0.25) is 0 Å². The Labute approximate surface area is 110 Å². The number of H-pyrrole nitrogens is 1. The van der Waals surface area contributed by atoms with E-state index < -0.39 is 18.5 Å². The summed E-state index contributed by atoms with van der Waals surface area (Å²) in [6.07, 6.45) is -4.34. The van der Waals surface area contributed by atoms with E-state index in [1.165, 1.54) is 6.07 Å². The second kappa shape index (κ2) is 5.45. The fourth-order valence-corrected chi connectivity index (χ4v) is 1.61. The molecule has 2 aromatic rings. The molecule has 9 heteroatoms. The largest absolute Gasteiger partial charge is 0.417 e. The zero-order valence-corrected chi connectivity index (χ0v) is 10.2. The van der Waals surface area contributed by atoms with Crippen molar-refractivity contribution in [2.24, 2.45) is 0 Å². The molecule has 0 atom stereocenters. The van der Waals surface area contributed by atoms with E-state index in [2.05, 4.69) is 15.0 Å². The van der Waals surface area contributed by atoms with Gasteiger partial charge in [0, 0.05) is 12.6 Å². The first-order valence-electron chi connectivity index (χ1n) is 5.66. The summed E-state index contributed by atoms with van der Waals surface area (Å²) < 4.78 is 44.8. The smallest absolute Gasteiger partial charge is 0.408 e. The van der Waals surface area contributed by atoms with Gasteiger partial charge in [0.25, 0.3) is 0 Å². The van der Waals surface area contributed by atoms with Gasteiger partial charge in [-0.1, -0.05) is 0 Å². The predicted molar refractivity (Wildman–Crippen MR) is 66.6 cm³/mol. The monoisotopic (exact) mass is 291 g/mol. The number of nitrogens with two attached hydrogens (primary N) is 1. The van der Waals surface area contributed by atoms with Crippen LogP contribution in [0.5, 0.6) is 0 Å². The molecule has 0 aliphatic heterocycles. The van der Waals surface area contributed by atoms with Crippen molar-refractivity contribution in [3.8, 4) is 0 Å². The lowest BCUT2D eigenvalue weighted by molar-refractivity contribution is -0.172. The van der Waals surface area contributed by atoms with E-state index in [1.54, 1.807) is 6.07 Å². The number of rotatable bonds is 5.